The molecule has 4 N–H and O–H groups in total. The fraction of sp³-hybridized carbons (Fsp3) is 0.0588. The van der Waals surface area contributed by atoms with Gasteiger partial charge in [0.25, 0.3) is 0 Å². The maximum Gasteiger partial charge on any atom is 0.0485 e. The van der Waals surface area contributed by atoms with Gasteiger partial charge in [0.1, 0.15) is 0 Å². The van der Waals surface area contributed by atoms with Crippen LogP contribution in [0.2, 0.25) is 0 Å². The molecular weight excluding hydrogens is 464 g/mol. The Balaban J connectivity index is 1.59. The van der Waals surface area contributed by atoms with Crippen molar-refractivity contribution in [3.8, 4) is 0 Å². The number of H-pyrrole nitrogens is 4. The largest absolute Gasteiger partial charge is 0.355 e. The number of hydrogen-bond acceptors (Lipinski definition) is 0. The van der Waals surface area contributed by atoms with Crippen LogP contribution in [-0.4, -0.2) is 19.9 Å². The molecule has 4 nitrogen and oxygen atoms in total. The Morgan fingerprint density at radius 2 is 0.711 bits per heavy atom. The van der Waals surface area contributed by atoms with Crippen LogP contribution >= 0.6 is 0 Å². The topological polar surface area (TPSA) is 63.2 Å². The molecule has 1 aliphatic heterocycles. The predicted octanol–water partition coefficient (Wildman–Crippen LogP) is 4.24. The van der Waals surface area contributed by atoms with Crippen LogP contribution in [0.1, 0.15) is 47.8 Å². The van der Waals surface area contributed by atoms with E-state index in [-0.39, 0.29) is 0 Å². The SMILES string of the molecule is CC1=c2ccc([nH]2)=C(c2ccccc2)c2ccc([nH]2)C(C)=c2ccc([nH]2)=C(c2ccccc2)c2ccc1[nH]2. The summed E-state index contributed by atoms with van der Waals surface area (Å²) in [5.41, 5.74) is 11.3. The fourth-order valence-corrected chi connectivity index (χ4v) is 5.45. The normalized spacial score (nSPS) is 13.3. The summed E-state index contributed by atoms with van der Waals surface area (Å²) in [7, 11) is 0. The van der Waals surface area contributed by atoms with Crippen molar-refractivity contribution in [2.45, 2.75) is 13.8 Å². The van der Waals surface area contributed by atoms with Crippen molar-refractivity contribution in [1.29, 1.82) is 0 Å². The highest BCUT2D eigenvalue weighted by molar-refractivity contribution is 5.80. The monoisotopic (exact) mass is 492 g/mol. The Kier molecular flexibility index (Phi) is 5.19. The van der Waals surface area contributed by atoms with E-state index in [4.69, 9.17) is 0 Å². The molecule has 0 amide bonds. The molecule has 0 atom stereocenters. The molecule has 5 heterocycles. The van der Waals surface area contributed by atoms with E-state index in [1.54, 1.807) is 0 Å². The van der Waals surface area contributed by atoms with Crippen molar-refractivity contribution in [3.05, 3.63) is 164 Å². The van der Waals surface area contributed by atoms with Gasteiger partial charge < -0.3 is 19.9 Å². The van der Waals surface area contributed by atoms with Gasteiger partial charge in [-0.25, -0.2) is 0 Å². The summed E-state index contributed by atoms with van der Waals surface area (Å²) in [6.45, 7) is 4.33. The van der Waals surface area contributed by atoms with Crippen molar-refractivity contribution < 1.29 is 0 Å². The Morgan fingerprint density at radius 3 is 1.13 bits per heavy atom. The lowest BCUT2D eigenvalue weighted by atomic mass is 10.0. The molecule has 0 spiro atoms. The first-order chi connectivity index (χ1) is 18.7. The van der Waals surface area contributed by atoms with Crippen molar-refractivity contribution in [3.63, 3.8) is 0 Å². The third kappa shape index (κ3) is 3.70. The second-order valence-electron chi connectivity index (χ2n) is 9.87. The van der Waals surface area contributed by atoms with Crippen LogP contribution in [-0.2, 0) is 0 Å². The number of hydrogen-bond donors (Lipinski definition) is 4. The molecule has 0 saturated carbocycles. The van der Waals surface area contributed by atoms with Gasteiger partial charge in [-0.2, -0.15) is 0 Å². The third-order valence-electron chi connectivity index (χ3n) is 7.56. The summed E-state index contributed by atoms with van der Waals surface area (Å²) >= 11 is 0. The summed E-state index contributed by atoms with van der Waals surface area (Å²) in [6, 6.07) is 38.5. The molecule has 0 radical (unpaired) electrons. The van der Waals surface area contributed by atoms with E-state index in [1.807, 2.05) is 0 Å². The van der Waals surface area contributed by atoms with Gasteiger partial charge in [-0.3, -0.25) is 0 Å². The molecule has 0 unspecified atom stereocenters. The van der Waals surface area contributed by atoms with Gasteiger partial charge in [0.05, 0.1) is 0 Å². The van der Waals surface area contributed by atoms with Crippen LogP contribution in [0.5, 0.6) is 0 Å². The first-order valence-electron chi connectivity index (χ1n) is 13.0. The summed E-state index contributed by atoms with van der Waals surface area (Å²) in [6.07, 6.45) is 0. The molecule has 184 valence electrons. The molecule has 2 aromatic carbocycles. The van der Waals surface area contributed by atoms with Gasteiger partial charge in [-0.15, -0.1) is 0 Å². The second kappa shape index (κ2) is 8.86. The lowest BCUT2D eigenvalue weighted by Gasteiger charge is -2.07. The molecule has 4 aromatic heterocycles. The number of rotatable bonds is 2. The molecule has 0 fully saturated rings. The minimum Gasteiger partial charge on any atom is -0.355 e. The van der Waals surface area contributed by atoms with E-state index in [9.17, 15) is 0 Å². The smallest absolute Gasteiger partial charge is 0.0485 e. The van der Waals surface area contributed by atoms with Crippen LogP contribution in [0.25, 0.3) is 22.3 Å². The van der Waals surface area contributed by atoms with Crippen LogP contribution in [0.15, 0.2) is 109 Å². The first kappa shape index (κ1) is 22.3. The van der Waals surface area contributed by atoms with Crippen LogP contribution < -0.4 is 21.4 Å². The molecule has 1 aliphatic rings. The van der Waals surface area contributed by atoms with E-state index >= 15 is 0 Å². The van der Waals surface area contributed by atoms with Crippen molar-refractivity contribution in [1.82, 2.24) is 19.9 Å². The van der Waals surface area contributed by atoms with Gasteiger partial charge in [-0.1, -0.05) is 60.7 Å². The summed E-state index contributed by atoms with van der Waals surface area (Å²) in [5.74, 6) is 0. The van der Waals surface area contributed by atoms with Gasteiger partial charge in [0.15, 0.2) is 0 Å². The summed E-state index contributed by atoms with van der Waals surface area (Å²) in [5, 5.41) is 4.34. The standard InChI is InChI=1S/C34H28N4/c1-21-25-13-17-29(35-25)33(23-9-5-3-6-10-23)31-19-15-27(37-31)22(2)28-16-20-32(38-28)34(24-11-7-4-8-12-24)30-18-14-26(21)36-30/h3-20,35-38H,1-2H3. The molecule has 38 heavy (non-hydrogen) atoms. The molecule has 6 aromatic rings. The zero-order valence-corrected chi connectivity index (χ0v) is 21.4. The Labute approximate surface area is 220 Å². The lowest BCUT2D eigenvalue weighted by Crippen LogP contribution is -2.17. The highest BCUT2D eigenvalue weighted by atomic mass is 14.8. The number of benzene rings is 2. The van der Waals surface area contributed by atoms with Crippen LogP contribution in [0, 0.1) is 0 Å². The molecule has 0 saturated heterocycles. The van der Waals surface area contributed by atoms with Crippen molar-refractivity contribution in [2.24, 2.45) is 0 Å². The van der Waals surface area contributed by atoms with Crippen molar-refractivity contribution in [2.75, 3.05) is 0 Å². The number of aromatic nitrogens is 4. The highest BCUT2D eigenvalue weighted by Gasteiger charge is 2.14. The predicted molar refractivity (Wildman–Crippen MR) is 154 cm³/mol. The average Bonchev–Trinajstić information content (AvgIpc) is 3.77. The Hall–Kier alpha value is -4.96. The zero-order chi connectivity index (χ0) is 25.6. The fourth-order valence-electron chi connectivity index (χ4n) is 5.45. The first-order valence-corrected chi connectivity index (χ1v) is 13.0. The maximum absolute atomic E-state index is 3.71. The molecule has 7 rings (SSSR count). The maximum atomic E-state index is 3.71. The number of aromatic amines is 4. The minimum atomic E-state index is 1.08. The number of nitrogens with one attached hydrogen (secondary N) is 4. The Bertz CT molecular complexity index is 1880. The average molecular weight is 493 g/mol. The van der Waals surface area contributed by atoms with Crippen LogP contribution in [0.3, 0.4) is 0 Å². The third-order valence-corrected chi connectivity index (χ3v) is 7.56. The zero-order valence-electron chi connectivity index (χ0n) is 21.4. The molecule has 4 heteroatoms. The van der Waals surface area contributed by atoms with Gasteiger partial charge in [0.2, 0.25) is 0 Å². The molecule has 0 aliphatic carbocycles. The van der Waals surface area contributed by atoms with E-state index in [0.717, 1.165) is 77.6 Å². The molecule has 8 bridgehead atoms. The lowest BCUT2D eigenvalue weighted by molar-refractivity contribution is 1.18. The van der Waals surface area contributed by atoms with Gasteiger partial charge in [0, 0.05) is 55.3 Å². The van der Waals surface area contributed by atoms with Crippen LogP contribution in [0.4, 0.5) is 0 Å². The van der Waals surface area contributed by atoms with Gasteiger partial charge >= 0.3 is 0 Å². The minimum absolute atomic E-state index is 1.08. The quantitative estimate of drug-likeness (QED) is 0.279. The van der Waals surface area contributed by atoms with E-state index < -0.39 is 0 Å². The van der Waals surface area contributed by atoms with E-state index in [1.165, 1.54) is 0 Å². The second-order valence-corrected chi connectivity index (χ2v) is 9.87. The summed E-state index contributed by atoms with van der Waals surface area (Å²) < 4.78 is 0. The molecular formula is C34H28N4. The summed E-state index contributed by atoms with van der Waals surface area (Å²) in [4.78, 5) is 14.8. The van der Waals surface area contributed by atoms with E-state index in [2.05, 4.69) is 143 Å². The number of fused-ring (bicyclic) bond motifs is 8. The van der Waals surface area contributed by atoms with Gasteiger partial charge in [-0.05, 0) is 84.7 Å². The highest BCUT2D eigenvalue weighted by Crippen LogP contribution is 2.24. The van der Waals surface area contributed by atoms with Crippen molar-refractivity contribution >= 4 is 22.3 Å². The van der Waals surface area contributed by atoms with E-state index in [0.29, 0.717) is 0 Å². The Morgan fingerprint density at radius 1 is 0.342 bits per heavy atom.